The highest BCUT2D eigenvalue weighted by molar-refractivity contribution is 5.96. The van der Waals surface area contributed by atoms with E-state index in [-0.39, 0.29) is 5.82 Å². The van der Waals surface area contributed by atoms with Gasteiger partial charge in [-0.1, -0.05) is 37.3 Å². The Hall–Kier alpha value is -2.22. The van der Waals surface area contributed by atoms with Gasteiger partial charge < -0.3 is 0 Å². The molecular weight excluding hydrogens is 273 g/mol. The molecule has 0 bridgehead atoms. The SMILES string of the molecule is CCc1c(C2CC2)nc2ccccc2c1-c1ccc(F)cc1. The first-order valence-electron chi connectivity index (χ1n) is 7.95. The summed E-state index contributed by atoms with van der Waals surface area (Å²) < 4.78 is 13.3. The van der Waals surface area contributed by atoms with E-state index in [1.807, 2.05) is 24.3 Å². The molecule has 0 N–H and O–H groups in total. The summed E-state index contributed by atoms with van der Waals surface area (Å²) in [6, 6.07) is 15.1. The van der Waals surface area contributed by atoms with Crippen LogP contribution in [0.3, 0.4) is 0 Å². The number of halogens is 1. The summed E-state index contributed by atoms with van der Waals surface area (Å²) in [5.74, 6) is 0.418. The summed E-state index contributed by atoms with van der Waals surface area (Å²) in [7, 11) is 0. The molecule has 0 saturated heterocycles. The maximum atomic E-state index is 13.3. The molecule has 0 unspecified atom stereocenters. The molecule has 110 valence electrons. The molecule has 1 heterocycles. The Bertz CT molecular complexity index is 832. The molecule has 1 fully saturated rings. The van der Waals surface area contributed by atoms with Gasteiger partial charge in [-0.15, -0.1) is 0 Å². The van der Waals surface area contributed by atoms with Crippen LogP contribution < -0.4 is 0 Å². The molecule has 2 aromatic carbocycles. The van der Waals surface area contributed by atoms with Crippen LogP contribution in [0.2, 0.25) is 0 Å². The van der Waals surface area contributed by atoms with E-state index >= 15 is 0 Å². The lowest BCUT2D eigenvalue weighted by atomic mass is 9.91. The zero-order valence-corrected chi connectivity index (χ0v) is 12.6. The molecule has 0 atom stereocenters. The van der Waals surface area contributed by atoms with Gasteiger partial charge in [-0.05, 0) is 54.2 Å². The standard InChI is InChI=1S/C20H18FN/c1-2-16-19(13-9-11-15(21)12-10-13)17-5-3-4-6-18(17)22-20(16)14-7-8-14/h3-6,9-12,14H,2,7-8H2,1H3. The van der Waals surface area contributed by atoms with Crippen molar-refractivity contribution >= 4 is 10.9 Å². The van der Waals surface area contributed by atoms with E-state index in [9.17, 15) is 4.39 Å². The number of pyridine rings is 1. The fourth-order valence-electron chi connectivity index (χ4n) is 3.27. The minimum atomic E-state index is -0.192. The Morgan fingerprint density at radius 3 is 2.45 bits per heavy atom. The quantitative estimate of drug-likeness (QED) is 0.622. The summed E-state index contributed by atoms with van der Waals surface area (Å²) in [6.07, 6.45) is 3.43. The Labute approximate surface area is 129 Å². The van der Waals surface area contributed by atoms with Gasteiger partial charge in [0.2, 0.25) is 0 Å². The number of benzene rings is 2. The maximum Gasteiger partial charge on any atom is 0.123 e. The van der Waals surface area contributed by atoms with Crippen LogP contribution in [-0.2, 0) is 6.42 Å². The van der Waals surface area contributed by atoms with Crippen molar-refractivity contribution in [3.63, 3.8) is 0 Å². The average molecular weight is 291 g/mol. The van der Waals surface area contributed by atoms with Crippen molar-refractivity contribution in [1.29, 1.82) is 0 Å². The predicted octanol–water partition coefficient (Wildman–Crippen LogP) is 5.48. The minimum absolute atomic E-state index is 0.192. The number of hydrogen-bond donors (Lipinski definition) is 0. The van der Waals surface area contributed by atoms with Gasteiger partial charge in [0.05, 0.1) is 5.52 Å². The highest BCUT2D eigenvalue weighted by Gasteiger charge is 2.29. The zero-order chi connectivity index (χ0) is 15.1. The lowest BCUT2D eigenvalue weighted by Crippen LogP contribution is -2.00. The van der Waals surface area contributed by atoms with Crippen LogP contribution in [0.5, 0.6) is 0 Å². The first-order chi connectivity index (χ1) is 10.8. The van der Waals surface area contributed by atoms with Crippen molar-refractivity contribution in [2.45, 2.75) is 32.1 Å². The third-order valence-corrected chi connectivity index (χ3v) is 4.48. The van der Waals surface area contributed by atoms with Crippen LogP contribution in [0, 0.1) is 5.82 Å². The monoisotopic (exact) mass is 291 g/mol. The maximum absolute atomic E-state index is 13.3. The zero-order valence-electron chi connectivity index (χ0n) is 12.6. The van der Waals surface area contributed by atoms with Crippen molar-refractivity contribution in [1.82, 2.24) is 4.98 Å². The molecule has 3 aromatic rings. The fraction of sp³-hybridized carbons (Fsp3) is 0.250. The van der Waals surface area contributed by atoms with Gasteiger partial charge in [0, 0.05) is 17.0 Å². The molecule has 1 aromatic heterocycles. The van der Waals surface area contributed by atoms with Crippen LogP contribution in [-0.4, -0.2) is 4.98 Å². The first kappa shape index (κ1) is 13.4. The molecular formula is C20H18FN. The van der Waals surface area contributed by atoms with Crippen LogP contribution in [0.1, 0.15) is 36.9 Å². The van der Waals surface area contributed by atoms with Crippen molar-refractivity contribution in [3.05, 3.63) is 65.6 Å². The second kappa shape index (κ2) is 5.20. The minimum Gasteiger partial charge on any atom is -0.252 e. The van der Waals surface area contributed by atoms with Crippen molar-refractivity contribution in [3.8, 4) is 11.1 Å². The fourth-order valence-corrected chi connectivity index (χ4v) is 3.27. The highest BCUT2D eigenvalue weighted by Crippen LogP contribution is 2.44. The molecule has 1 nitrogen and oxygen atoms in total. The van der Waals surface area contributed by atoms with Gasteiger partial charge in [0.15, 0.2) is 0 Å². The Morgan fingerprint density at radius 1 is 1.05 bits per heavy atom. The van der Waals surface area contributed by atoms with E-state index in [1.165, 1.54) is 29.7 Å². The number of rotatable bonds is 3. The summed E-state index contributed by atoms with van der Waals surface area (Å²) >= 11 is 0. The van der Waals surface area contributed by atoms with E-state index in [0.717, 1.165) is 22.9 Å². The van der Waals surface area contributed by atoms with Crippen molar-refractivity contribution in [2.24, 2.45) is 0 Å². The highest BCUT2D eigenvalue weighted by atomic mass is 19.1. The molecule has 1 aliphatic rings. The molecule has 0 amide bonds. The number of para-hydroxylation sites is 1. The van der Waals surface area contributed by atoms with Crippen molar-refractivity contribution < 1.29 is 4.39 Å². The number of fused-ring (bicyclic) bond motifs is 1. The molecule has 4 rings (SSSR count). The topological polar surface area (TPSA) is 12.9 Å². The average Bonchev–Trinajstić information content (AvgIpc) is 3.39. The summed E-state index contributed by atoms with van der Waals surface area (Å²) in [5.41, 5.74) is 5.93. The Balaban J connectivity index is 2.06. The predicted molar refractivity (Wildman–Crippen MR) is 88.5 cm³/mol. The number of aromatic nitrogens is 1. The third kappa shape index (κ3) is 2.19. The van der Waals surface area contributed by atoms with Crippen LogP contribution in [0.15, 0.2) is 48.5 Å². The van der Waals surface area contributed by atoms with Gasteiger partial charge in [-0.25, -0.2) is 4.39 Å². The molecule has 22 heavy (non-hydrogen) atoms. The molecule has 0 spiro atoms. The van der Waals surface area contributed by atoms with Crippen LogP contribution in [0.25, 0.3) is 22.0 Å². The van der Waals surface area contributed by atoms with E-state index in [0.29, 0.717) is 5.92 Å². The largest absolute Gasteiger partial charge is 0.252 e. The molecule has 1 saturated carbocycles. The Morgan fingerprint density at radius 2 is 1.77 bits per heavy atom. The third-order valence-electron chi connectivity index (χ3n) is 4.48. The van der Waals surface area contributed by atoms with Gasteiger partial charge >= 0.3 is 0 Å². The lowest BCUT2D eigenvalue weighted by Gasteiger charge is -2.16. The molecule has 2 heteroatoms. The molecule has 1 aliphatic carbocycles. The smallest absolute Gasteiger partial charge is 0.123 e. The van der Waals surface area contributed by atoms with E-state index in [2.05, 4.69) is 19.1 Å². The van der Waals surface area contributed by atoms with Crippen LogP contribution in [0.4, 0.5) is 4.39 Å². The van der Waals surface area contributed by atoms with Crippen molar-refractivity contribution in [2.75, 3.05) is 0 Å². The van der Waals surface area contributed by atoms with Gasteiger partial charge in [0.25, 0.3) is 0 Å². The second-order valence-corrected chi connectivity index (χ2v) is 6.00. The van der Waals surface area contributed by atoms with E-state index in [1.54, 1.807) is 12.1 Å². The van der Waals surface area contributed by atoms with Gasteiger partial charge in [-0.2, -0.15) is 0 Å². The van der Waals surface area contributed by atoms with E-state index in [4.69, 9.17) is 4.98 Å². The lowest BCUT2D eigenvalue weighted by molar-refractivity contribution is 0.628. The molecule has 0 aliphatic heterocycles. The summed E-state index contributed by atoms with van der Waals surface area (Å²) in [4.78, 5) is 4.94. The normalized spacial score (nSPS) is 14.5. The van der Waals surface area contributed by atoms with Gasteiger partial charge in [-0.3, -0.25) is 4.98 Å². The van der Waals surface area contributed by atoms with E-state index < -0.39 is 0 Å². The number of nitrogens with zero attached hydrogens (tertiary/aromatic N) is 1. The molecule has 0 radical (unpaired) electrons. The number of hydrogen-bond acceptors (Lipinski definition) is 1. The summed E-state index contributed by atoms with van der Waals surface area (Å²) in [5, 5.41) is 1.16. The second-order valence-electron chi connectivity index (χ2n) is 6.00. The summed E-state index contributed by atoms with van der Waals surface area (Å²) in [6.45, 7) is 2.19. The van der Waals surface area contributed by atoms with Gasteiger partial charge in [0.1, 0.15) is 5.82 Å². The first-order valence-corrected chi connectivity index (χ1v) is 7.95. The van der Waals surface area contributed by atoms with Crippen LogP contribution >= 0.6 is 0 Å². The Kier molecular flexibility index (Phi) is 3.18.